The Hall–Kier alpha value is -2.96. The molecule has 2 heterocycles. The Labute approximate surface area is 188 Å². The van der Waals surface area contributed by atoms with Crippen LogP contribution < -0.4 is 4.74 Å². The van der Waals surface area contributed by atoms with E-state index in [1.807, 2.05) is 29.0 Å². The SMILES string of the molecule is Fc1ccc2c(ccn2-c2cc(Cl)c3c(c2)CN(Cc2ccc(C(F)F)cc2)CCO3)c1. The Morgan fingerprint density at radius 3 is 2.59 bits per heavy atom. The Balaban J connectivity index is 1.44. The average Bonchev–Trinajstić information content (AvgIpc) is 3.07. The van der Waals surface area contributed by atoms with Gasteiger partial charge in [0.2, 0.25) is 0 Å². The molecule has 0 N–H and O–H groups in total. The van der Waals surface area contributed by atoms with E-state index in [4.69, 9.17) is 16.3 Å². The van der Waals surface area contributed by atoms with Gasteiger partial charge in [0.25, 0.3) is 6.43 Å². The zero-order valence-electron chi connectivity index (χ0n) is 17.1. The molecule has 1 aliphatic rings. The summed E-state index contributed by atoms with van der Waals surface area (Å²) in [5.41, 5.74) is 3.67. The monoisotopic (exact) mass is 456 g/mol. The Bertz CT molecular complexity index is 1270. The van der Waals surface area contributed by atoms with Crippen molar-refractivity contribution in [3.63, 3.8) is 0 Å². The lowest BCUT2D eigenvalue weighted by atomic mass is 10.1. The summed E-state index contributed by atoms with van der Waals surface area (Å²) in [6, 6.07) is 16.8. The third-order valence-corrected chi connectivity index (χ3v) is 6.00. The predicted octanol–water partition coefficient (Wildman–Crippen LogP) is 6.76. The van der Waals surface area contributed by atoms with Crippen LogP contribution in [0.5, 0.6) is 5.75 Å². The molecule has 5 rings (SSSR count). The number of halogens is 4. The van der Waals surface area contributed by atoms with Crippen molar-refractivity contribution >= 4 is 22.5 Å². The molecule has 0 spiro atoms. The van der Waals surface area contributed by atoms with Crippen molar-refractivity contribution in [1.29, 1.82) is 0 Å². The molecule has 0 atom stereocenters. The Kier molecular flexibility index (Phi) is 5.57. The number of rotatable bonds is 4. The molecule has 32 heavy (non-hydrogen) atoms. The highest BCUT2D eigenvalue weighted by Crippen LogP contribution is 2.35. The number of nitrogens with zero attached hydrogens (tertiary/aromatic N) is 2. The van der Waals surface area contributed by atoms with Gasteiger partial charge >= 0.3 is 0 Å². The van der Waals surface area contributed by atoms with Crippen LogP contribution in [0.1, 0.15) is 23.1 Å². The van der Waals surface area contributed by atoms with Crippen LogP contribution in [-0.4, -0.2) is 22.6 Å². The molecule has 1 aromatic heterocycles. The molecule has 164 valence electrons. The van der Waals surface area contributed by atoms with Crippen LogP contribution in [0.15, 0.2) is 66.9 Å². The quantitative estimate of drug-likeness (QED) is 0.338. The third kappa shape index (κ3) is 4.08. The van der Waals surface area contributed by atoms with Gasteiger partial charge in [-0.1, -0.05) is 35.9 Å². The van der Waals surface area contributed by atoms with Gasteiger partial charge in [0.1, 0.15) is 18.2 Å². The van der Waals surface area contributed by atoms with E-state index in [9.17, 15) is 13.2 Å². The fourth-order valence-electron chi connectivity index (χ4n) is 4.15. The number of hydrogen-bond acceptors (Lipinski definition) is 2. The lowest BCUT2D eigenvalue weighted by molar-refractivity contribution is 0.151. The molecular formula is C25H20ClF3N2O. The summed E-state index contributed by atoms with van der Waals surface area (Å²) in [5, 5.41) is 1.32. The lowest BCUT2D eigenvalue weighted by Gasteiger charge is -2.20. The van der Waals surface area contributed by atoms with Crippen molar-refractivity contribution in [2.75, 3.05) is 13.2 Å². The first-order valence-electron chi connectivity index (χ1n) is 10.3. The largest absolute Gasteiger partial charge is 0.490 e. The molecule has 0 bridgehead atoms. The number of aromatic nitrogens is 1. The average molecular weight is 457 g/mol. The van der Waals surface area contributed by atoms with Crippen LogP contribution in [0.3, 0.4) is 0 Å². The van der Waals surface area contributed by atoms with E-state index in [0.717, 1.165) is 27.7 Å². The number of ether oxygens (including phenoxy) is 1. The highest BCUT2D eigenvalue weighted by atomic mass is 35.5. The summed E-state index contributed by atoms with van der Waals surface area (Å²) in [7, 11) is 0. The second-order valence-electron chi connectivity index (χ2n) is 7.91. The van der Waals surface area contributed by atoms with Gasteiger partial charge in [-0.25, -0.2) is 13.2 Å². The number of alkyl halides is 2. The molecular weight excluding hydrogens is 437 g/mol. The second kappa shape index (κ2) is 8.52. The zero-order valence-corrected chi connectivity index (χ0v) is 17.8. The molecule has 1 aliphatic heterocycles. The normalized spacial score (nSPS) is 14.4. The highest BCUT2D eigenvalue weighted by molar-refractivity contribution is 6.32. The number of benzene rings is 3. The van der Waals surface area contributed by atoms with Gasteiger partial charge in [0.15, 0.2) is 0 Å². The third-order valence-electron chi connectivity index (χ3n) is 5.72. The van der Waals surface area contributed by atoms with E-state index in [-0.39, 0.29) is 11.4 Å². The first kappa shape index (κ1) is 20.9. The van der Waals surface area contributed by atoms with Crippen molar-refractivity contribution in [3.05, 3.63) is 94.4 Å². The van der Waals surface area contributed by atoms with E-state index in [1.165, 1.54) is 24.3 Å². The van der Waals surface area contributed by atoms with Gasteiger partial charge in [-0.05, 0) is 42.0 Å². The maximum Gasteiger partial charge on any atom is 0.263 e. The smallest absolute Gasteiger partial charge is 0.263 e. The van der Waals surface area contributed by atoms with Gasteiger partial charge in [-0.3, -0.25) is 4.90 Å². The van der Waals surface area contributed by atoms with Crippen molar-refractivity contribution in [3.8, 4) is 11.4 Å². The number of hydrogen-bond donors (Lipinski definition) is 0. The zero-order chi connectivity index (χ0) is 22.2. The molecule has 0 radical (unpaired) electrons. The van der Waals surface area contributed by atoms with Crippen LogP contribution >= 0.6 is 11.6 Å². The van der Waals surface area contributed by atoms with Crippen LogP contribution in [0, 0.1) is 5.82 Å². The summed E-state index contributed by atoms with van der Waals surface area (Å²) in [5.74, 6) is 0.384. The van der Waals surface area contributed by atoms with E-state index >= 15 is 0 Å². The Morgan fingerprint density at radius 1 is 1.00 bits per heavy atom. The topological polar surface area (TPSA) is 17.4 Å². The molecule has 0 amide bonds. The fraction of sp³-hybridized carbons (Fsp3) is 0.200. The lowest BCUT2D eigenvalue weighted by Crippen LogP contribution is -2.25. The van der Waals surface area contributed by atoms with Gasteiger partial charge in [-0.2, -0.15) is 0 Å². The fourth-order valence-corrected chi connectivity index (χ4v) is 4.44. The van der Waals surface area contributed by atoms with Crippen molar-refractivity contribution in [2.24, 2.45) is 0 Å². The minimum atomic E-state index is -2.47. The van der Waals surface area contributed by atoms with Crippen LogP contribution in [0.25, 0.3) is 16.6 Å². The summed E-state index contributed by atoms with van der Waals surface area (Å²) >= 11 is 6.58. The van der Waals surface area contributed by atoms with E-state index < -0.39 is 6.43 Å². The minimum Gasteiger partial charge on any atom is -0.490 e. The molecule has 3 aromatic carbocycles. The highest BCUT2D eigenvalue weighted by Gasteiger charge is 2.20. The van der Waals surface area contributed by atoms with Gasteiger partial charge < -0.3 is 9.30 Å². The summed E-state index contributed by atoms with van der Waals surface area (Å²) in [6.45, 7) is 2.38. The van der Waals surface area contributed by atoms with Crippen molar-refractivity contribution in [1.82, 2.24) is 9.47 Å². The van der Waals surface area contributed by atoms with Crippen LogP contribution in [-0.2, 0) is 13.1 Å². The second-order valence-corrected chi connectivity index (χ2v) is 8.31. The molecule has 0 saturated heterocycles. The van der Waals surface area contributed by atoms with Gasteiger partial charge in [-0.15, -0.1) is 0 Å². The van der Waals surface area contributed by atoms with Crippen LogP contribution in [0.2, 0.25) is 5.02 Å². The van der Waals surface area contributed by atoms with Crippen molar-refractivity contribution < 1.29 is 17.9 Å². The molecule has 7 heteroatoms. The van der Waals surface area contributed by atoms with Crippen LogP contribution in [0.4, 0.5) is 13.2 Å². The van der Waals surface area contributed by atoms with Crippen molar-refractivity contribution in [2.45, 2.75) is 19.5 Å². The number of fused-ring (bicyclic) bond motifs is 2. The summed E-state index contributed by atoms with van der Waals surface area (Å²) in [4.78, 5) is 2.20. The summed E-state index contributed by atoms with van der Waals surface area (Å²) < 4.78 is 47.1. The standard InChI is InChI=1S/C25H20ClF3N2O/c26-22-13-21(31-8-7-18-11-20(27)5-6-23(18)31)12-19-15-30(9-10-32-24(19)22)14-16-1-3-17(4-2-16)25(28)29/h1-8,11-13,25H,9-10,14-15H2. The Morgan fingerprint density at radius 2 is 1.81 bits per heavy atom. The predicted molar refractivity (Wildman–Crippen MR) is 119 cm³/mol. The molecule has 0 saturated carbocycles. The molecule has 3 nitrogen and oxygen atoms in total. The van der Waals surface area contributed by atoms with Gasteiger partial charge in [0.05, 0.1) is 10.5 Å². The van der Waals surface area contributed by atoms with E-state index in [2.05, 4.69) is 4.90 Å². The maximum atomic E-state index is 13.6. The molecule has 0 aliphatic carbocycles. The maximum absolute atomic E-state index is 13.6. The minimum absolute atomic E-state index is 0.0218. The van der Waals surface area contributed by atoms with E-state index in [1.54, 1.807) is 18.2 Å². The molecule has 4 aromatic rings. The van der Waals surface area contributed by atoms with Gasteiger partial charge in [0, 0.05) is 48.0 Å². The molecule has 0 unspecified atom stereocenters. The first-order valence-corrected chi connectivity index (χ1v) is 10.7. The van der Waals surface area contributed by atoms with E-state index in [0.29, 0.717) is 37.0 Å². The molecule has 0 fully saturated rings. The summed E-state index contributed by atoms with van der Waals surface area (Å²) in [6.07, 6.45) is -0.577. The first-order chi connectivity index (χ1) is 15.5.